The van der Waals surface area contributed by atoms with E-state index in [0.717, 1.165) is 18.5 Å². The number of hydrogen-bond donors (Lipinski definition) is 1. The summed E-state index contributed by atoms with van der Waals surface area (Å²) >= 11 is 6.05. The first-order valence-corrected chi connectivity index (χ1v) is 8.39. The zero-order valence-electron chi connectivity index (χ0n) is 14.4. The summed E-state index contributed by atoms with van der Waals surface area (Å²) in [6.07, 6.45) is -1.68. The van der Waals surface area contributed by atoms with E-state index >= 15 is 0 Å². The molecule has 0 unspecified atom stereocenters. The van der Waals surface area contributed by atoms with E-state index in [1.807, 2.05) is 0 Å². The molecule has 0 fully saturated rings. The molecule has 1 aromatic heterocycles. The van der Waals surface area contributed by atoms with Crippen molar-refractivity contribution >= 4 is 23.3 Å². The first kappa shape index (κ1) is 19.8. The fourth-order valence-corrected chi connectivity index (χ4v) is 2.86. The first-order chi connectivity index (χ1) is 14.1. The Morgan fingerprint density at radius 1 is 1.00 bits per heavy atom. The molecule has 0 aliphatic carbocycles. The minimum Gasteiger partial charge on any atom is -0.395 e. The van der Waals surface area contributed by atoms with Gasteiger partial charge in [-0.1, -0.05) is 11.6 Å². The van der Waals surface area contributed by atoms with Gasteiger partial charge in [-0.15, -0.1) is 8.78 Å². The highest BCUT2D eigenvalue weighted by Gasteiger charge is 2.44. The van der Waals surface area contributed by atoms with Crippen molar-refractivity contribution in [2.75, 3.05) is 5.32 Å². The van der Waals surface area contributed by atoms with Crippen LogP contribution in [0.3, 0.4) is 0 Å². The Morgan fingerprint density at radius 3 is 2.33 bits per heavy atom. The number of nitrogens with zero attached hydrogens (tertiary/aromatic N) is 2. The van der Waals surface area contributed by atoms with Crippen LogP contribution in [0.2, 0.25) is 5.02 Å². The minimum absolute atomic E-state index is 0.00467. The molecule has 154 valence electrons. The number of rotatable bonds is 3. The Labute approximate surface area is 169 Å². The van der Waals surface area contributed by atoms with E-state index < -0.39 is 35.2 Å². The summed E-state index contributed by atoms with van der Waals surface area (Å²) in [7, 11) is 0. The number of carbonyl (C=O) groups is 1. The molecule has 1 aliphatic heterocycles. The minimum atomic E-state index is -3.83. The van der Waals surface area contributed by atoms with Gasteiger partial charge in [0.1, 0.15) is 11.4 Å². The van der Waals surface area contributed by atoms with Crippen LogP contribution >= 0.6 is 11.6 Å². The van der Waals surface area contributed by atoms with Crippen molar-refractivity contribution in [1.82, 2.24) is 9.97 Å². The van der Waals surface area contributed by atoms with Crippen LogP contribution in [0.5, 0.6) is 11.5 Å². The number of aromatic nitrogens is 2. The number of hydrogen-bond acceptors (Lipinski definition) is 5. The molecule has 0 bridgehead atoms. The highest BCUT2D eigenvalue weighted by molar-refractivity contribution is 6.33. The Kier molecular flexibility index (Phi) is 4.69. The smallest absolute Gasteiger partial charge is 0.395 e. The summed E-state index contributed by atoms with van der Waals surface area (Å²) < 4.78 is 75.6. The Hall–Kier alpha value is -3.47. The number of fused-ring (bicyclic) bond motifs is 1. The van der Waals surface area contributed by atoms with Gasteiger partial charge in [0.25, 0.3) is 5.91 Å². The molecule has 4 rings (SSSR count). The number of benzene rings is 2. The van der Waals surface area contributed by atoms with Gasteiger partial charge in [0, 0.05) is 11.6 Å². The average Bonchev–Trinajstić information content (AvgIpc) is 2.98. The second-order valence-electron chi connectivity index (χ2n) is 5.91. The number of ether oxygens (including phenoxy) is 2. The molecule has 0 saturated heterocycles. The maximum atomic E-state index is 13.7. The molecule has 12 heteroatoms. The molecule has 2 aromatic carbocycles. The lowest BCUT2D eigenvalue weighted by molar-refractivity contribution is -0.286. The maximum absolute atomic E-state index is 13.7. The van der Waals surface area contributed by atoms with Crippen LogP contribution in [0.1, 0.15) is 10.4 Å². The highest BCUT2D eigenvalue weighted by Crippen LogP contribution is 2.45. The van der Waals surface area contributed by atoms with Crippen LogP contribution in [0.15, 0.2) is 36.7 Å². The zero-order valence-corrected chi connectivity index (χ0v) is 15.1. The summed E-state index contributed by atoms with van der Waals surface area (Å²) in [4.78, 5) is 19.9. The average molecular weight is 444 g/mol. The van der Waals surface area contributed by atoms with E-state index in [1.165, 1.54) is 6.07 Å². The third-order valence-electron chi connectivity index (χ3n) is 3.93. The van der Waals surface area contributed by atoms with Crippen molar-refractivity contribution in [2.24, 2.45) is 0 Å². The summed E-state index contributed by atoms with van der Waals surface area (Å²) in [5.74, 6) is -6.34. The van der Waals surface area contributed by atoms with Gasteiger partial charge < -0.3 is 14.8 Å². The zero-order chi connectivity index (χ0) is 21.6. The second kappa shape index (κ2) is 7.10. The van der Waals surface area contributed by atoms with Crippen LogP contribution < -0.4 is 14.8 Å². The predicted octanol–water partition coefficient (Wildman–Crippen LogP) is 4.79. The molecule has 0 spiro atoms. The molecule has 2 heterocycles. The molecule has 0 atom stereocenters. The number of halogens is 6. The van der Waals surface area contributed by atoms with E-state index in [2.05, 4.69) is 24.8 Å². The summed E-state index contributed by atoms with van der Waals surface area (Å²) in [5, 5.41) is 2.08. The molecular formula is C18H7ClF5N3O3. The van der Waals surface area contributed by atoms with Gasteiger partial charge in [-0.05, 0) is 18.2 Å². The fourth-order valence-electron chi connectivity index (χ4n) is 2.61. The van der Waals surface area contributed by atoms with Crippen LogP contribution in [-0.2, 0) is 0 Å². The summed E-state index contributed by atoms with van der Waals surface area (Å²) in [6.45, 7) is 0. The topological polar surface area (TPSA) is 73.3 Å². The van der Waals surface area contributed by atoms with Crippen molar-refractivity contribution < 1.29 is 36.2 Å². The summed E-state index contributed by atoms with van der Waals surface area (Å²) in [5.41, 5.74) is -0.840. The SMILES string of the molecule is O=C(Nc1cnc(-c2cc3c(cc2Cl)OC(F)(F)O3)cn1)c1c(F)ccc(F)c1F. The molecule has 0 saturated carbocycles. The van der Waals surface area contributed by atoms with Crippen molar-refractivity contribution in [3.8, 4) is 22.8 Å². The number of amides is 1. The standard InChI is InChI=1S/C18H7ClF5N3O3/c19-8-4-13-12(29-18(23,24)30-13)3-7(8)11-5-26-14(6-25-11)27-17(28)15-9(20)1-2-10(21)16(15)22/h1-6H,(H,26,27,28). The lowest BCUT2D eigenvalue weighted by Crippen LogP contribution is -2.25. The number of anilines is 1. The molecular weight excluding hydrogens is 437 g/mol. The van der Waals surface area contributed by atoms with Gasteiger partial charge in [-0.2, -0.15) is 0 Å². The van der Waals surface area contributed by atoms with Crippen molar-refractivity contribution in [3.63, 3.8) is 0 Å². The number of nitrogens with one attached hydrogen (secondary N) is 1. The lowest BCUT2D eigenvalue weighted by Gasteiger charge is -2.08. The molecule has 1 amide bonds. The Bertz CT molecular complexity index is 1170. The fraction of sp³-hybridized carbons (Fsp3) is 0.0556. The number of alkyl halides is 2. The number of carbonyl (C=O) groups excluding carboxylic acids is 1. The van der Waals surface area contributed by atoms with Crippen LogP contribution in [-0.4, -0.2) is 22.2 Å². The van der Waals surface area contributed by atoms with Crippen molar-refractivity contribution in [3.05, 3.63) is 64.7 Å². The van der Waals surface area contributed by atoms with E-state index in [-0.39, 0.29) is 33.6 Å². The van der Waals surface area contributed by atoms with E-state index in [0.29, 0.717) is 12.1 Å². The molecule has 6 nitrogen and oxygen atoms in total. The molecule has 30 heavy (non-hydrogen) atoms. The van der Waals surface area contributed by atoms with Crippen molar-refractivity contribution in [2.45, 2.75) is 6.29 Å². The van der Waals surface area contributed by atoms with Gasteiger partial charge in [0.15, 0.2) is 29.0 Å². The predicted molar refractivity (Wildman–Crippen MR) is 93.0 cm³/mol. The molecule has 0 radical (unpaired) electrons. The van der Waals surface area contributed by atoms with Crippen LogP contribution in [0.25, 0.3) is 11.3 Å². The van der Waals surface area contributed by atoms with Gasteiger partial charge in [-0.3, -0.25) is 9.78 Å². The monoisotopic (exact) mass is 443 g/mol. The third kappa shape index (κ3) is 3.59. The Morgan fingerprint density at radius 2 is 1.67 bits per heavy atom. The third-order valence-corrected chi connectivity index (χ3v) is 4.24. The van der Waals surface area contributed by atoms with Crippen LogP contribution in [0.4, 0.5) is 27.8 Å². The second-order valence-corrected chi connectivity index (χ2v) is 6.31. The van der Waals surface area contributed by atoms with E-state index in [1.54, 1.807) is 0 Å². The lowest BCUT2D eigenvalue weighted by atomic mass is 10.1. The molecule has 1 N–H and O–H groups in total. The summed E-state index contributed by atoms with van der Waals surface area (Å²) in [6, 6.07) is 3.42. The molecule has 3 aromatic rings. The quantitative estimate of drug-likeness (QED) is 0.465. The van der Waals surface area contributed by atoms with Gasteiger partial charge in [-0.25, -0.2) is 18.2 Å². The largest absolute Gasteiger partial charge is 0.586 e. The van der Waals surface area contributed by atoms with E-state index in [9.17, 15) is 26.7 Å². The normalized spacial score (nSPS) is 13.9. The van der Waals surface area contributed by atoms with Crippen molar-refractivity contribution in [1.29, 1.82) is 0 Å². The van der Waals surface area contributed by atoms with Crippen LogP contribution in [0, 0.1) is 17.5 Å². The Balaban J connectivity index is 1.58. The van der Waals surface area contributed by atoms with Gasteiger partial charge in [0.05, 0.1) is 23.1 Å². The highest BCUT2D eigenvalue weighted by atomic mass is 35.5. The van der Waals surface area contributed by atoms with E-state index in [4.69, 9.17) is 11.6 Å². The van der Waals surface area contributed by atoms with Gasteiger partial charge >= 0.3 is 6.29 Å². The van der Waals surface area contributed by atoms with Gasteiger partial charge in [0.2, 0.25) is 0 Å². The molecule has 1 aliphatic rings. The maximum Gasteiger partial charge on any atom is 0.586 e. The first-order valence-electron chi connectivity index (χ1n) is 8.01.